The van der Waals surface area contributed by atoms with Crippen molar-refractivity contribution in [2.75, 3.05) is 14.2 Å². The van der Waals surface area contributed by atoms with Gasteiger partial charge in [-0.15, -0.1) is 0 Å². The van der Waals surface area contributed by atoms with Gasteiger partial charge in [-0.3, -0.25) is 4.79 Å². The van der Waals surface area contributed by atoms with Gasteiger partial charge in [0.1, 0.15) is 17.0 Å². The lowest BCUT2D eigenvalue weighted by molar-refractivity contribution is 0.0997. The molecule has 0 atom stereocenters. The molecule has 0 bridgehead atoms. The molecule has 0 aliphatic heterocycles. The fourth-order valence-corrected chi connectivity index (χ4v) is 3.42. The van der Waals surface area contributed by atoms with Crippen molar-refractivity contribution in [3.8, 4) is 28.6 Å². The molecule has 2 aromatic carbocycles. The van der Waals surface area contributed by atoms with Crippen LogP contribution in [0.25, 0.3) is 28.2 Å². The van der Waals surface area contributed by atoms with E-state index in [0.717, 1.165) is 0 Å². The Morgan fingerprint density at radius 1 is 1.06 bits per heavy atom. The minimum atomic E-state index is -0.830. The van der Waals surface area contributed by atoms with Gasteiger partial charge in [0, 0.05) is 11.6 Å². The molecule has 0 saturated carbocycles. The van der Waals surface area contributed by atoms with Crippen molar-refractivity contribution in [1.82, 2.24) is 19.5 Å². The van der Waals surface area contributed by atoms with E-state index in [-0.39, 0.29) is 27.7 Å². The van der Waals surface area contributed by atoms with E-state index in [2.05, 4.69) is 15.0 Å². The second-order valence-electron chi connectivity index (χ2n) is 6.39. The summed E-state index contributed by atoms with van der Waals surface area (Å²) in [6.07, 6.45) is 0. The number of hydrogen-bond acceptors (Lipinski definition) is 6. The summed E-state index contributed by atoms with van der Waals surface area (Å²) < 4.78 is 11.9. The summed E-state index contributed by atoms with van der Waals surface area (Å²) >= 11 is 12.1. The zero-order chi connectivity index (χ0) is 22.3. The number of carbonyl (C=O) groups is 1. The first kappa shape index (κ1) is 20.7. The van der Waals surface area contributed by atoms with Crippen LogP contribution in [0.3, 0.4) is 0 Å². The first-order valence-corrected chi connectivity index (χ1v) is 9.60. The number of nitrogens with zero attached hydrogens (tertiary/aromatic N) is 3. The first-order chi connectivity index (χ1) is 14.8. The zero-order valence-corrected chi connectivity index (χ0v) is 17.8. The van der Waals surface area contributed by atoms with Crippen LogP contribution in [-0.4, -0.2) is 39.6 Å². The third-order valence-electron chi connectivity index (χ3n) is 4.58. The van der Waals surface area contributed by atoms with Crippen LogP contribution < -0.4 is 20.9 Å². The summed E-state index contributed by atoms with van der Waals surface area (Å²) in [4.78, 5) is 36.3. The summed E-state index contributed by atoms with van der Waals surface area (Å²) in [7, 11) is 2.98. The minimum absolute atomic E-state index is 0.0965. The Bertz CT molecular complexity index is 1400. The molecule has 0 unspecified atom stereocenters. The lowest BCUT2D eigenvalue weighted by Crippen LogP contribution is -2.16. The molecule has 2 aromatic heterocycles. The molecule has 4 aromatic rings. The van der Waals surface area contributed by atoms with Crippen molar-refractivity contribution >= 4 is 40.3 Å². The number of rotatable bonds is 5. The van der Waals surface area contributed by atoms with Gasteiger partial charge in [0.05, 0.1) is 30.0 Å². The summed E-state index contributed by atoms with van der Waals surface area (Å²) in [5, 5.41) is 0.634. The molecule has 1 amide bonds. The second kappa shape index (κ2) is 7.93. The van der Waals surface area contributed by atoms with Crippen LogP contribution >= 0.6 is 23.2 Å². The number of imidazole rings is 1. The number of hydrogen-bond donors (Lipinski definition) is 2. The molecule has 0 spiro atoms. The monoisotopic (exact) mass is 459 g/mol. The number of carbonyl (C=O) groups excluding carboxylic acids is 1. The van der Waals surface area contributed by atoms with Crippen LogP contribution in [0.5, 0.6) is 11.5 Å². The highest BCUT2D eigenvalue weighted by Crippen LogP contribution is 2.31. The number of halogens is 2. The number of H-pyrrole nitrogens is 1. The minimum Gasteiger partial charge on any atom is -0.497 e. The molecular formula is C20H15Cl2N5O4. The number of aromatic nitrogens is 4. The summed E-state index contributed by atoms with van der Waals surface area (Å²) in [5.74, 6) is 0.207. The average molecular weight is 460 g/mol. The molecule has 4 rings (SSSR count). The number of aromatic amines is 1. The molecule has 0 aliphatic carbocycles. The quantitative estimate of drug-likeness (QED) is 0.471. The topological polar surface area (TPSA) is 125 Å². The maximum Gasteiger partial charge on any atom is 0.332 e. The van der Waals surface area contributed by atoms with Gasteiger partial charge in [-0.25, -0.2) is 19.3 Å². The van der Waals surface area contributed by atoms with Crippen molar-refractivity contribution in [3.63, 3.8) is 0 Å². The van der Waals surface area contributed by atoms with E-state index in [1.165, 1.54) is 18.8 Å². The van der Waals surface area contributed by atoms with Crippen molar-refractivity contribution in [2.24, 2.45) is 5.73 Å². The third-order valence-corrected chi connectivity index (χ3v) is 5.31. The van der Waals surface area contributed by atoms with Crippen LogP contribution in [-0.2, 0) is 0 Å². The van der Waals surface area contributed by atoms with Crippen molar-refractivity contribution in [2.45, 2.75) is 0 Å². The van der Waals surface area contributed by atoms with Crippen LogP contribution in [0.1, 0.15) is 10.5 Å². The maximum atomic E-state index is 12.8. The molecule has 0 saturated heterocycles. The fraction of sp³-hybridized carbons (Fsp3) is 0.100. The highest BCUT2D eigenvalue weighted by Gasteiger charge is 2.22. The van der Waals surface area contributed by atoms with Crippen LogP contribution in [0.4, 0.5) is 0 Å². The molecule has 0 radical (unpaired) electrons. The highest BCUT2D eigenvalue weighted by atomic mass is 35.5. The lowest BCUT2D eigenvalue weighted by Gasteiger charge is -2.11. The highest BCUT2D eigenvalue weighted by molar-refractivity contribution is 6.42. The van der Waals surface area contributed by atoms with E-state index in [0.29, 0.717) is 27.8 Å². The second-order valence-corrected chi connectivity index (χ2v) is 7.21. The molecule has 2 heterocycles. The summed E-state index contributed by atoms with van der Waals surface area (Å²) in [5.41, 5.74) is 5.93. The molecule has 3 N–H and O–H groups in total. The van der Waals surface area contributed by atoms with Crippen LogP contribution in [0, 0.1) is 0 Å². The smallest absolute Gasteiger partial charge is 0.332 e. The first-order valence-electron chi connectivity index (χ1n) is 8.84. The Hall–Kier alpha value is -3.56. The lowest BCUT2D eigenvalue weighted by atomic mass is 10.2. The van der Waals surface area contributed by atoms with Crippen LogP contribution in [0.2, 0.25) is 10.0 Å². The van der Waals surface area contributed by atoms with E-state index >= 15 is 0 Å². The predicted octanol–water partition coefficient (Wildman–Crippen LogP) is 3.20. The molecule has 31 heavy (non-hydrogen) atoms. The van der Waals surface area contributed by atoms with E-state index in [9.17, 15) is 9.59 Å². The number of nitrogens with one attached hydrogen (secondary N) is 1. The summed E-state index contributed by atoms with van der Waals surface area (Å²) in [6, 6.07) is 9.70. The van der Waals surface area contributed by atoms with Crippen molar-refractivity contribution in [3.05, 3.63) is 62.6 Å². The molecule has 11 heteroatoms. The average Bonchev–Trinajstić information content (AvgIpc) is 3.09. The SMILES string of the molecule is COc1ccc(-n2c(=O)[nH]c3c(C(N)=O)nc(-c4ccc(Cl)c(Cl)c4)nc32)c(OC)c1. The summed E-state index contributed by atoms with van der Waals surface area (Å²) in [6.45, 7) is 0. The standard InChI is InChI=1S/C20H15Cl2N5O4/c1-30-10-4-6-13(14(8-10)31-2)27-19-16(25-20(27)29)15(17(23)28)24-18(26-19)9-3-5-11(21)12(22)7-9/h3-8H,1-2H3,(H2,23,28)(H,25,29). The predicted molar refractivity (Wildman–Crippen MR) is 117 cm³/mol. The van der Waals surface area contributed by atoms with E-state index < -0.39 is 11.6 Å². The Kier molecular flexibility index (Phi) is 5.30. The van der Waals surface area contributed by atoms with Gasteiger partial charge in [0.2, 0.25) is 0 Å². The van der Waals surface area contributed by atoms with E-state index in [1.807, 2.05) is 0 Å². The Labute approximate surface area is 185 Å². The van der Waals surface area contributed by atoms with Crippen molar-refractivity contribution < 1.29 is 14.3 Å². The van der Waals surface area contributed by atoms with Gasteiger partial charge in [-0.05, 0) is 30.3 Å². The maximum absolute atomic E-state index is 12.8. The van der Waals surface area contributed by atoms with Gasteiger partial charge >= 0.3 is 5.69 Å². The van der Waals surface area contributed by atoms with Gasteiger partial charge in [-0.1, -0.05) is 23.2 Å². The van der Waals surface area contributed by atoms with Gasteiger partial charge in [-0.2, -0.15) is 0 Å². The Morgan fingerprint density at radius 2 is 1.84 bits per heavy atom. The van der Waals surface area contributed by atoms with Gasteiger partial charge < -0.3 is 20.2 Å². The number of methoxy groups -OCH3 is 2. The number of ether oxygens (including phenoxy) is 2. The zero-order valence-electron chi connectivity index (χ0n) is 16.3. The Morgan fingerprint density at radius 3 is 2.48 bits per heavy atom. The molecular weight excluding hydrogens is 445 g/mol. The molecule has 158 valence electrons. The molecule has 0 aliphatic rings. The fourth-order valence-electron chi connectivity index (χ4n) is 3.12. The molecule has 0 fully saturated rings. The normalized spacial score (nSPS) is 11.0. The van der Waals surface area contributed by atoms with Crippen molar-refractivity contribution in [1.29, 1.82) is 0 Å². The number of amides is 1. The van der Waals surface area contributed by atoms with Crippen LogP contribution in [0.15, 0.2) is 41.2 Å². The third kappa shape index (κ3) is 3.58. The largest absolute Gasteiger partial charge is 0.497 e. The number of nitrogens with two attached hydrogens (primary N) is 1. The Balaban J connectivity index is 2.05. The number of fused-ring (bicyclic) bond motifs is 1. The van der Waals surface area contributed by atoms with Gasteiger partial charge in [0.25, 0.3) is 5.91 Å². The molecule has 9 nitrogen and oxygen atoms in total. The van der Waals surface area contributed by atoms with Gasteiger partial charge in [0.15, 0.2) is 17.2 Å². The van der Waals surface area contributed by atoms with E-state index in [1.54, 1.807) is 36.4 Å². The number of primary amides is 1. The van der Waals surface area contributed by atoms with E-state index in [4.69, 9.17) is 38.4 Å². The number of benzene rings is 2.